The number of fused-ring (bicyclic) bond motifs is 9. The van der Waals surface area contributed by atoms with Gasteiger partial charge in [0.1, 0.15) is 0 Å². The Morgan fingerprint density at radius 1 is 0.481 bits per heavy atom. The molecule has 0 fully saturated rings. The van der Waals surface area contributed by atoms with E-state index in [1.807, 2.05) is 47.8 Å². The lowest BCUT2D eigenvalue weighted by atomic mass is 9.82. The van der Waals surface area contributed by atoms with E-state index in [2.05, 4.69) is 158 Å². The first-order valence-electron chi connectivity index (χ1n) is 18.3. The lowest BCUT2D eigenvalue weighted by Crippen LogP contribution is -2.14. The van der Waals surface area contributed by atoms with Crippen molar-refractivity contribution < 1.29 is 0 Å². The van der Waals surface area contributed by atoms with Crippen molar-refractivity contribution >= 4 is 45.3 Å². The Kier molecular flexibility index (Phi) is 7.07. The van der Waals surface area contributed by atoms with Gasteiger partial charge in [0.15, 0.2) is 5.82 Å². The largest absolute Gasteiger partial charge is 0.308 e. The highest BCUT2D eigenvalue weighted by Crippen LogP contribution is 2.55. The third-order valence-electron chi connectivity index (χ3n) is 11.1. The summed E-state index contributed by atoms with van der Waals surface area (Å²) < 4.78 is 2.51. The normalized spacial score (nSPS) is 13.7. The summed E-state index contributed by atoms with van der Waals surface area (Å²) in [5.41, 5.74) is 13.9. The van der Waals surface area contributed by atoms with Crippen LogP contribution in [0.4, 0.5) is 0 Å². The Labute approximate surface area is 322 Å². The highest BCUT2D eigenvalue weighted by Gasteiger charge is 2.36. The Balaban J connectivity index is 1.12. The van der Waals surface area contributed by atoms with Gasteiger partial charge in [-0.05, 0) is 70.8 Å². The van der Waals surface area contributed by atoms with Gasteiger partial charge in [-0.1, -0.05) is 153 Å². The van der Waals surface area contributed by atoms with Gasteiger partial charge in [-0.25, -0.2) is 9.97 Å². The predicted molar refractivity (Wildman–Crippen MR) is 225 cm³/mol. The molecule has 2 aromatic heterocycles. The van der Waals surface area contributed by atoms with Crippen LogP contribution in [0.1, 0.15) is 25.0 Å². The maximum atomic E-state index is 5.12. The maximum Gasteiger partial charge on any atom is 0.160 e. The van der Waals surface area contributed by atoms with E-state index in [-0.39, 0.29) is 5.41 Å². The third kappa shape index (κ3) is 4.85. The van der Waals surface area contributed by atoms with E-state index in [1.54, 1.807) is 0 Å². The van der Waals surface area contributed by atoms with Gasteiger partial charge < -0.3 is 4.57 Å². The van der Waals surface area contributed by atoms with Crippen molar-refractivity contribution in [1.82, 2.24) is 14.5 Å². The zero-order valence-corrected chi connectivity index (χ0v) is 31.4. The van der Waals surface area contributed by atoms with Gasteiger partial charge in [0.2, 0.25) is 0 Å². The minimum atomic E-state index is -0.0807. The van der Waals surface area contributed by atoms with E-state index >= 15 is 0 Å². The first kappa shape index (κ1) is 31.6. The maximum absolute atomic E-state index is 5.12. The topological polar surface area (TPSA) is 30.7 Å². The summed E-state index contributed by atoms with van der Waals surface area (Å²) in [7, 11) is 0. The third-order valence-corrected chi connectivity index (χ3v) is 13.7. The van der Waals surface area contributed by atoms with Gasteiger partial charge >= 0.3 is 0 Å². The van der Waals surface area contributed by atoms with Gasteiger partial charge in [-0.15, -0.1) is 0 Å². The Bertz CT molecular complexity index is 2890. The van der Waals surface area contributed by atoms with Gasteiger partial charge in [0.25, 0.3) is 0 Å². The zero-order chi connectivity index (χ0) is 36.0. The summed E-state index contributed by atoms with van der Waals surface area (Å²) in [6.07, 6.45) is 0. The number of rotatable bonds is 4. The van der Waals surface area contributed by atoms with Gasteiger partial charge in [0, 0.05) is 53.3 Å². The van der Waals surface area contributed by atoms with Crippen LogP contribution >= 0.6 is 23.5 Å². The molecule has 0 saturated carbocycles. The van der Waals surface area contributed by atoms with Crippen molar-refractivity contribution in [2.45, 2.75) is 38.8 Å². The van der Waals surface area contributed by atoms with Crippen LogP contribution in [-0.4, -0.2) is 14.5 Å². The Hall–Kier alpha value is -5.88. The highest BCUT2D eigenvalue weighted by molar-refractivity contribution is 8.05. The minimum absolute atomic E-state index is 0.0807. The summed E-state index contributed by atoms with van der Waals surface area (Å²) >= 11 is 3.77. The average Bonchev–Trinajstić information content (AvgIpc) is 3.68. The number of aromatic nitrogens is 3. The lowest BCUT2D eigenvalue weighted by Gasteiger charge is -2.21. The fourth-order valence-electron chi connectivity index (χ4n) is 8.39. The van der Waals surface area contributed by atoms with Crippen LogP contribution in [0.5, 0.6) is 0 Å². The van der Waals surface area contributed by atoms with Gasteiger partial charge in [-0.2, -0.15) is 0 Å². The van der Waals surface area contributed by atoms with Crippen LogP contribution in [0.2, 0.25) is 0 Å². The predicted octanol–water partition coefficient (Wildman–Crippen LogP) is 13.5. The molecule has 0 amide bonds. The molecule has 0 radical (unpaired) electrons. The van der Waals surface area contributed by atoms with E-state index in [4.69, 9.17) is 9.97 Å². The highest BCUT2D eigenvalue weighted by atomic mass is 32.2. The summed E-state index contributed by atoms with van der Waals surface area (Å²) in [4.78, 5) is 15.4. The molecule has 0 unspecified atom stereocenters. The molecule has 54 heavy (non-hydrogen) atoms. The molecule has 0 bridgehead atoms. The molecular weight excluding hydrogens is 695 g/mol. The van der Waals surface area contributed by atoms with E-state index in [9.17, 15) is 0 Å². The molecule has 0 N–H and O–H groups in total. The summed E-state index contributed by atoms with van der Waals surface area (Å²) in [5.74, 6) is 0.719. The van der Waals surface area contributed by atoms with Crippen LogP contribution in [0.15, 0.2) is 183 Å². The van der Waals surface area contributed by atoms with Crippen LogP contribution in [0, 0.1) is 0 Å². The molecule has 256 valence electrons. The molecule has 5 heteroatoms. The van der Waals surface area contributed by atoms with Crippen molar-refractivity contribution in [2.75, 3.05) is 0 Å². The minimum Gasteiger partial charge on any atom is -0.308 e. The molecule has 0 saturated heterocycles. The molecule has 3 heterocycles. The molecule has 1 aliphatic carbocycles. The van der Waals surface area contributed by atoms with Crippen LogP contribution in [0.25, 0.3) is 72.5 Å². The SMILES string of the molecule is CC1(C)c2ccccc2-c2cc3c(cc21)c1ccc2c(c1n3-c1ccc(-c3cc(-c4ccccc4)nc(-c4ccccc4)n3)cc1)Sc1ccccc1S2. The van der Waals surface area contributed by atoms with Crippen molar-refractivity contribution in [3.8, 4) is 50.7 Å². The van der Waals surface area contributed by atoms with Crippen molar-refractivity contribution in [3.05, 3.63) is 175 Å². The molecule has 0 spiro atoms. The zero-order valence-electron chi connectivity index (χ0n) is 29.7. The first-order chi connectivity index (χ1) is 26.5. The summed E-state index contributed by atoms with van der Waals surface area (Å²) in [6, 6.07) is 59.0. The molecular formula is C49H33N3S2. The van der Waals surface area contributed by atoms with Crippen LogP contribution in [-0.2, 0) is 5.41 Å². The fraction of sp³-hybridized carbons (Fsp3) is 0.0612. The smallest absolute Gasteiger partial charge is 0.160 e. The number of hydrogen-bond donors (Lipinski definition) is 0. The molecule has 1 aliphatic heterocycles. The number of nitrogens with zero attached hydrogens (tertiary/aromatic N) is 3. The molecule has 3 nitrogen and oxygen atoms in total. The van der Waals surface area contributed by atoms with E-state index in [0.29, 0.717) is 0 Å². The molecule has 2 aliphatic rings. The van der Waals surface area contributed by atoms with Crippen LogP contribution < -0.4 is 0 Å². The van der Waals surface area contributed by atoms with Crippen molar-refractivity contribution in [2.24, 2.45) is 0 Å². The summed E-state index contributed by atoms with van der Waals surface area (Å²) in [6.45, 7) is 4.73. The Morgan fingerprint density at radius 3 is 1.85 bits per heavy atom. The number of benzene rings is 7. The Morgan fingerprint density at radius 2 is 1.11 bits per heavy atom. The first-order valence-corrected chi connectivity index (χ1v) is 20.0. The van der Waals surface area contributed by atoms with Gasteiger partial charge in [-0.3, -0.25) is 0 Å². The average molecular weight is 728 g/mol. The second-order valence-corrected chi connectivity index (χ2v) is 16.7. The lowest BCUT2D eigenvalue weighted by molar-refractivity contribution is 0.661. The quantitative estimate of drug-likeness (QED) is 0.181. The van der Waals surface area contributed by atoms with Crippen molar-refractivity contribution in [3.63, 3.8) is 0 Å². The standard InChI is InChI=1S/C49H33N3S2/c1-49(2)38-18-10-9-17-34(38)36-28-42-37(27-39(36)49)35-25-26-45-47(54-44-20-12-11-19-43(44)53-45)46(35)52(42)33-23-21-31(22-24-33)41-29-40(30-13-5-3-6-14-30)50-48(51-41)32-15-7-4-8-16-32/h3-29H,1-2H3. The van der Waals surface area contributed by atoms with Gasteiger partial charge in [0.05, 0.1) is 27.3 Å². The van der Waals surface area contributed by atoms with E-state index in [1.165, 1.54) is 63.6 Å². The fourth-order valence-corrected chi connectivity index (χ4v) is 10.8. The monoisotopic (exact) mass is 727 g/mol. The second-order valence-electron chi connectivity index (χ2n) is 14.6. The molecule has 0 atom stereocenters. The van der Waals surface area contributed by atoms with E-state index < -0.39 is 0 Å². The van der Waals surface area contributed by atoms with E-state index in [0.717, 1.165) is 39.6 Å². The molecule has 11 rings (SSSR count). The summed E-state index contributed by atoms with van der Waals surface area (Å²) in [5, 5.41) is 2.57. The number of hydrogen-bond acceptors (Lipinski definition) is 4. The second kappa shape index (κ2) is 12.1. The molecule has 9 aromatic rings. The van der Waals surface area contributed by atoms with Crippen LogP contribution in [0.3, 0.4) is 0 Å². The molecule has 7 aromatic carbocycles. The van der Waals surface area contributed by atoms with Crippen molar-refractivity contribution in [1.29, 1.82) is 0 Å².